The molecule has 0 atom stereocenters. The molecule has 2 aliphatic heterocycles. The Morgan fingerprint density at radius 3 is 2.54 bits per heavy atom. The molecular formula is C23H27N3OS. The average molecular weight is 394 g/mol. The molecular weight excluding hydrogens is 366 g/mol. The average Bonchev–Trinajstić information content (AvgIpc) is 2.86. The van der Waals surface area contributed by atoms with E-state index in [9.17, 15) is 4.79 Å². The smallest absolute Gasteiger partial charge is 0.249 e. The quantitative estimate of drug-likeness (QED) is 0.810. The Labute approximate surface area is 171 Å². The van der Waals surface area contributed by atoms with Gasteiger partial charge in [-0.2, -0.15) is 0 Å². The number of para-hydroxylation sites is 1. The summed E-state index contributed by atoms with van der Waals surface area (Å²) in [6.45, 7) is 7.58. The van der Waals surface area contributed by atoms with Crippen LogP contribution in [-0.4, -0.2) is 43.5 Å². The number of fused-ring (bicyclic) bond motifs is 1. The fourth-order valence-electron chi connectivity index (χ4n) is 3.73. The molecule has 146 valence electrons. The van der Waals surface area contributed by atoms with Gasteiger partial charge < -0.3 is 10.2 Å². The minimum Gasteiger partial charge on any atom is -0.369 e. The fourth-order valence-corrected chi connectivity index (χ4v) is 4.80. The molecule has 1 fully saturated rings. The Morgan fingerprint density at radius 1 is 1.00 bits per heavy atom. The van der Waals surface area contributed by atoms with Crippen molar-refractivity contribution in [2.75, 3.05) is 42.9 Å². The van der Waals surface area contributed by atoms with E-state index in [1.165, 1.54) is 11.3 Å². The molecule has 0 aliphatic carbocycles. The number of nitrogens with zero attached hydrogens (tertiary/aromatic N) is 2. The number of carbonyl (C=O) groups is 1. The predicted molar refractivity (Wildman–Crippen MR) is 118 cm³/mol. The summed E-state index contributed by atoms with van der Waals surface area (Å²) in [5.41, 5.74) is 3.55. The first-order chi connectivity index (χ1) is 13.7. The number of thioether (sulfide) groups is 1. The lowest BCUT2D eigenvalue weighted by Crippen LogP contribution is -2.46. The molecule has 0 bridgehead atoms. The van der Waals surface area contributed by atoms with E-state index < -0.39 is 0 Å². The molecule has 0 saturated carbocycles. The molecule has 2 heterocycles. The normalized spacial score (nSPS) is 17.5. The number of allylic oxidation sites excluding steroid dienone is 1. The van der Waals surface area contributed by atoms with Crippen LogP contribution in [0.15, 0.2) is 64.4 Å². The number of aryl methyl sites for hydroxylation is 1. The van der Waals surface area contributed by atoms with Gasteiger partial charge in [0, 0.05) is 42.8 Å². The van der Waals surface area contributed by atoms with Gasteiger partial charge in [-0.25, -0.2) is 0 Å². The zero-order chi connectivity index (χ0) is 19.3. The molecule has 4 rings (SSSR count). The number of piperazine rings is 1. The van der Waals surface area contributed by atoms with Crippen molar-refractivity contribution in [1.29, 1.82) is 0 Å². The molecule has 1 amide bonds. The van der Waals surface area contributed by atoms with E-state index >= 15 is 0 Å². The van der Waals surface area contributed by atoms with Crippen LogP contribution in [0.2, 0.25) is 0 Å². The first-order valence-electron chi connectivity index (χ1n) is 10.00. The number of hydrogen-bond acceptors (Lipinski definition) is 4. The molecule has 0 radical (unpaired) electrons. The van der Waals surface area contributed by atoms with Gasteiger partial charge in [-0.3, -0.25) is 9.69 Å². The summed E-state index contributed by atoms with van der Waals surface area (Å²) >= 11 is 1.72. The highest BCUT2D eigenvalue weighted by atomic mass is 32.2. The van der Waals surface area contributed by atoms with Crippen LogP contribution in [0.25, 0.3) is 0 Å². The molecule has 0 spiro atoms. The molecule has 2 aromatic rings. The molecule has 28 heavy (non-hydrogen) atoms. The molecule has 2 aromatic carbocycles. The van der Waals surface area contributed by atoms with Crippen LogP contribution in [0.4, 0.5) is 11.4 Å². The highest BCUT2D eigenvalue weighted by Gasteiger charge is 2.18. The maximum atomic E-state index is 12.1. The molecule has 0 aromatic heterocycles. The number of amides is 1. The van der Waals surface area contributed by atoms with E-state index in [2.05, 4.69) is 52.4 Å². The standard InChI is InChI=1S/C23H27N3OS/c1-18-8-10-19(11-9-18)26-15-13-25(14-16-26)12-4-5-20-17-23(27)24-21-6-2-3-7-22(21)28-20/h2-3,6-11,17H,4-5,12-16H2,1H3,(H,24,27). The third-order valence-corrected chi connectivity index (χ3v) is 6.51. The third kappa shape index (κ3) is 4.78. The fraction of sp³-hybridized carbons (Fsp3) is 0.348. The molecule has 0 unspecified atom stereocenters. The van der Waals surface area contributed by atoms with Gasteiger partial charge in [0.25, 0.3) is 0 Å². The van der Waals surface area contributed by atoms with Gasteiger partial charge in [-0.05, 0) is 55.5 Å². The van der Waals surface area contributed by atoms with Crippen LogP contribution in [0.5, 0.6) is 0 Å². The third-order valence-electron chi connectivity index (χ3n) is 5.35. The Hall–Kier alpha value is -2.24. The van der Waals surface area contributed by atoms with Crippen molar-refractivity contribution < 1.29 is 4.79 Å². The lowest BCUT2D eigenvalue weighted by atomic mass is 10.2. The van der Waals surface area contributed by atoms with Crippen molar-refractivity contribution in [3.05, 3.63) is 65.1 Å². The Morgan fingerprint density at radius 2 is 1.75 bits per heavy atom. The van der Waals surface area contributed by atoms with Crippen LogP contribution in [0, 0.1) is 6.92 Å². The summed E-state index contributed by atoms with van der Waals surface area (Å²) in [6.07, 6.45) is 3.80. The first-order valence-corrected chi connectivity index (χ1v) is 10.8. The minimum atomic E-state index is -0.0147. The van der Waals surface area contributed by atoms with Crippen molar-refractivity contribution in [3.8, 4) is 0 Å². The van der Waals surface area contributed by atoms with Crippen molar-refractivity contribution in [3.63, 3.8) is 0 Å². The number of carbonyl (C=O) groups excluding carboxylic acids is 1. The Bertz CT molecular complexity index is 854. The summed E-state index contributed by atoms with van der Waals surface area (Å²) < 4.78 is 0. The van der Waals surface area contributed by atoms with Crippen molar-refractivity contribution in [1.82, 2.24) is 4.90 Å². The second-order valence-electron chi connectivity index (χ2n) is 7.47. The van der Waals surface area contributed by atoms with Gasteiger partial charge in [0.2, 0.25) is 5.91 Å². The molecule has 4 nitrogen and oxygen atoms in total. The lowest BCUT2D eigenvalue weighted by molar-refractivity contribution is -0.111. The number of nitrogens with one attached hydrogen (secondary N) is 1. The lowest BCUT2D eigenvalue weighted by Gasteiger charge is -2.36. The Kier molecular flexibility index (Phi) is 6.03. The second kappa shape index (κ2) is 8.84. The molecule has 2 aliphatic rings. The van der Waals surface area contributed by atoms with Gasteiger partial charge in [-0.15, -0.1) is 0 Å². The number of rotatable bonds is 5. The topological polar surface area (TPSA) is 35.6 Å². The van der Waals surface area contributed by atoms with Gasteiger partial charge in [0.1, 0.15) is 0 Å². The zero-order valence-electron chi connectivity index (χ0n) is 16.4. The van der Waals surface area contributed by atoms with E-state index in [0.29, 0.717) is 0 Å². The van der Waals surface area contributed by atoms with Crippen LogP contribution in [0.1, 0.15) is 18.4 Å². The summed E-state index contributed by atoms with van der Waals surface area (Å²) in [5.74, 6) is -0.0147. The van der Waals surface area contributed by atoms with Crippen LogP contribution in [-0.2, 0) is 4.79 Å². The van der Waals surface area contributed by atoms with Crippen LogP contribution in [0.3, 0.4) is 0 Å². The predicted octanol–water partition coefficient (Wildman–Crippen LogP) is 4.53. The van der Waals surface area contributed by atoms with Gasteiger partial charge >= 0.3 is 0 Å². The minimum absolute atomic E-state index is 0.0147. The van der Waals surface area contributed by atoms with Crippen molar-refractivity contribution in [2.24, 2.45) is 0 Å². The first kappa shape index (κ1) is 19.1. The monoisotopic (exact) mass is 393 g/mol. The SMILES string of the molecule is Cc1ccc(N2CCN(CCCC3=CC(=O)Nc4ccccc4S3)CC2)cc1. The summed E-state index contributed by atoms with van der Waals surface area (Å²) in [4.78, 5) is 19.4. The largest absolute Gasteiger partial charge is 0.369 e. The van der Waals surface area contributed by atoms with E-state index in [1.54, 1.807) is 17.8 Å². The van der Waals surface area contributed by atoms with E-state index in [4.69, 9.17) is 0 Å². The maximum Gasteiger partial charge on any atom is 0.249 e. The van der Waals surface area contributed by atoms with Crippen LogP contribution >= 0.6 is 11.8 Å². The zero-order valence-corrected chi connectivity index (χ0v) is 17.2. The second-order valence-corrected chi connectivity index (χ2v) is 8.63. The van der Waals surface area contributed by atoms with Gasteiger partial charge in [0.05, 0.1) is 5.69 Å². The molecule has 1 N–H and O–H groups in total. The van der Waals surface area contributed by atoms with E-state index in [-0.39, 0.29) is 5.91 Å². The maximum absolute atomic E-state index is 12.1. The summed E-state index contributed by atoms with van der Waals surface area (Å²) in [7, 11) is 0. The summed E-state index contributed by atoms with van der Waals surface area (Å²) in [5, 5.41) is 2.96. The summed E-state index contributed by atoms with van der Waals surface area (Å²) in [6, 6.07) is 16.8. The van der Waals surface area contributed by atoms with E-state index in [1.807, 2.05) is 18.2 Å². The van der Waals surface area contributed by atoms with Crippen molar-refractivity contribution in [2.45, 2.75) is 24.7 Å². The highest BCUT2D eigenvalue weighted by molar-refractivity contribution is 8.03. The number of anilines is 2. The molecule has 5 heteroatoms. The van der Waals surface area contributed by atoms with E-state index in [0.717, 1.165) is 61.1 Å². The van der Waals surface area contributed by atoms with Crippen molar-refractivity contribution >= 4 is 29.0 Å². The van der Waals surface area contributed by atoms with Gasteiger partial charge in [0.15, 0.2) is 0 Å². The number of benzene rings is 2. The Balaban J connectivity index is 1.25. The molecule has 1 saturated heterocycles. The number of hydrogen-bond donors (Lipinski definition) is 1. The van der Waals surface area contributed by atoms with Crippen LogP contribution < -0.4 is 10.2 Å². The van der Waals surface area contributed by atoms with Gasteiger partial charge in [-0.1, -0.05) is 41.6 Å². The highest BCUT2D eigenvalue weighted by Crippen LogP contribution is 2.37.